The molecule has 0 aromatic heterocycles. The molecule has 9 heavy (non-hydrogen) atoms. The molecule has 0 aliphatic carbocycles. The summed E-state index contributed by atoms with van der Waals surface area (Å²) in [7, 11) is 0. The zero-order chi connectivity index (χ0) is 7.28. The van der Waals surface area contributed by atoms with Gasteiger partial charge in [0.15, 0.2) is 0 Å². The van der Waals surface area contributed by atoms with E-state index in [2.05, 4.69) is 4.74 Å². The van der Waals surface area contributed by atoms with Gasteiger partial charge in [0.05, 0.1) is 0 Å². The van der Waals surface area contributed by atoms with E-state index in [-0.39, 0.29) is 0 Å². The van der Waals surface area contributed by atoms with Crippen LogP contribution < -0.4 is 0 Å². The number of hydrogen-bond donors (Lipinski definition) is 1. The summed E-state index contributed by atoms with van der Waals surface area (Å²) in [5.74, 6) is -0.111. The first kappa shape index (κ1) is 8.01. The van der Waals surface area contributed by atoms with E-state index in [0.29, 0.717) is 12.2 Å². The van der Waals surface area contributed by atoms with Gasteiger partial charge in [0.2, 0.25) is 0 Å². The lowest BCUT2D eigenvalue weighted by Crippen LogP contribution is -1.97. The molecule has 0 aromatic carbocycles. The quantitative estimate of drug-likeness (QED) is 0.453. The first-order valence-corrected chi connectivity index (χ1v) is 2.72. The molecule has 0 heterocycles. The number of carbonyl (C=O) groups is 1. The van der Waals surface area contributed by atoms with Gasteiger partial charge >= 0.3 is 5.97 Å². The average molecular weight is 130 g/mol. The molecule has 0 fully saturated rings. The van der Waals surface area contributed by atoms with Gasteiger partial charge in [-0.3, -0.25) is 4.79 Å². The Kier molecular flexibility index (Phi) is 3.51. The zero-order valence-electron chi connectivity index (χ0n) is 5.55. The van der Waals surface area contributed by atoms with Gasteiger partial charge < -0.3 is 9.84 Å². The van der Waals surface area contributed by atoms with Crippen molar-refractivity contribution >= 4 is 5.97 Å². The van der Waals surface area contributed by atoms with Crippen LogP contribution in [0, 0.1) is 0 Å². The van der Waals surface area contributed by atoms with E-state index in [9.17, 15) is 4.79 Å². The largest absolute Gasteiger partial charge is 0.512 e. The Hall–Kier alpha value is -0.990. The SMILES string of the molecule is CCC(=CO)OC(C)=O. The summed E-state index contributed by atoms with van der Waals surface area (Å²) in [5.41, 5.74) is 0. The summed E-state index contributed by atoms with van der Waals surface area (Å²) in [6.45, 7) is 3.07. The Balaban J connectivity index is 3.71. The van der Waals surface area contributed by atoms with Crippen molar-refractivity contribution in [3.63, 3.8) is 0 Å². The molecule has 0 rings (SSSR count). The van der Waals surface area contributed by atoms with E-state index in [1.54, 1.807) is 6.92 Å². The van der Waals surface area contributed by atoms with Crippen molar-refractivity contribution in [3.05, 3.63) is 12.0 Å². The van der Waals surface area contributed by atoms with Crippen LogP contribution in [0.15, 0.2) is 12.0 Å². The van der Waals surface area contributed by atoms with Crippen LogP contribution in [0.4, 0.5) is 0 Å². The third-order valence-electron chi connectivity index (χ3n) is 0.767. The summed E-state index contributed by atoms with van der Waals surface area (Å²) < 4.78 is 4.52. The van der Waals surface area contributed by atoms with Crippen LogP contribution in [0.2, 0.25) is 0 Å². The van der Waals surface area contributed by atoms with Gasteiger partial charge in [-0.2, -0.15) is 0 Å². The molecular weight excluding hydrogens is 120 g/mol. The Morgan fingerprint density at radius 2 is 2.33 bits per heavy atom. The number of ether oxygens (including phenoxy) is 1. The number of aliphatic hydroxyl groups excluding tert-OH is 1. The Labute approximate surface area is 53.9 Å². The second-order valence-corrected chi connectivity index (χ2v) is 1.54. The van der Waals surface area contributed by atoms with Gasteiger partial charge in [-0.15, -0.1) is 0 Å². The second kappa shape index (κ2) is 3.95. The summed E-state index contributed by atoms with van der Waals surface area (Å²) in [6, 6.07) is 0. The fraction of sp³-hybridized carbons (Fsp3) is 0.500. The fourth-order valence-corrected chi connectivity index (χ4v) is 0.374. The molecule has 0 atom stereocenters. The molecule has 0 aliphatic heterocycles. The van der Waals surface area contributed by atoms with Crippen molar-refractivity contribution in [2.45, 2.75) is 20.3 Å². The molecule has 0 aliphatic rings. The normalized spacial score (nSPS) is 11.1. The van der Waals surface area contributed by atoms with Crippen molar-refractivity contribution in [2.24, 2.45) is 0 Å². The van der Waals surface area contributed by atoms with Crippen molar-refractivity contribution in [3.8, 4) is 0 Å². The third kappa shape index (κ3) is 3.58. The van der Waals surface area contributed by atoms with Gasteiger partial charge in [-0.1, -0.05) is 6.92 Å². The summed E-state index contributed by atoms with van der Waals surface area (Å²) >= 11 is 0. The van der Waals surface area contributed by atoms with E-state index < -0.39 is 5.97 Å². The number of hydrogen-bond acceptors (Lipinski definition) is 3. The maximum Gasteiger partial charge on any atom is 0.307 e. The van der Waals surface area contributed by atoms with E-state index in [0.717, 1.165) is 6.26 Å². The number of carbonyl (C=O) groups excluding carboxylic acids is 1. The second-order valence-electron chi connectivity index (χ2n) is 1.54. The summed E-state index contributed by atoms with van der Waals surface area (Å²) in [6.07, 6.45) is 1.32. The molecule has 1 N–H and O–H groups in total. The van der Waals surface area contributed by atoms with Crippen LogP contribution in [0.25, 0.3) is 0 Å². The van der Waals surface area contributed by atoms with Crippen LogP contribution in [0.1, 0.15) is 20.3 Å². The molecule has 0 unspecified atom stereocenters. The first-order chi connectivity index (χ1) is 4.20. The van der Waals surface area contributed by atoms with Gasteiger partial charge in [-0.05, 0) is 0 Å². The lowest BCUT2D eigenvalue weighted by Gasteiger charge is -1.99. The maximum atomic E-state index is 10.2. The molecule has 0 spiro atoms. The van der Waals surface area contributed by atoms with Gasteiger partial charge in [0.25, 0.3) is 0 Å². The molecule has 0 radical (unpaired) electrons. The van der Waals surface area contributed by atoms with Crippen molar-refractivity contribution in [1.82, 2.24) is 0 Å². The van der Waals surface area contributed by atoms with Crippen LogP contribution in [0.3, 0.4) is 0 Å². The van der Waals surface area contributed by atoms with E-state index in [1.807, 2.05) is 0 Å². The molecule has 3 heteroatoms. The first-order valence-electron chi connectivity index (χ1n) is 2.72. The highest BCUT2D eigenvalue weighted by Crippen LogP contribution is 2.00. The van der Waals surface area contributed by atoms with Gasteiger partial charge in [0.1, 0.15) is 12.0 Å². The van der Waals surface area contributed by atoms with Crippen molar-refractivity contribution < 1.29 is 14.6 Å². The van der Waals surface area contributed by atoms with Gasteiger partial charge in [-0.25, -0.2) is 0 Å². The molecule has 0 aromatic rings. The molecule has 52 valence electrons. The smallest absolute Gasteiger partial charge is 0.307 e. The fourth-order valence-electron chi connectivity index (χ4n) is 0.374. The number of rotatable bonds is 2. The topological polar surface area (TPSA) is 46.5 Å². The van der Waals surface area contributed by atoms with E-state index in [4.69, 9.17) is 5.11 Å². The standard InChI is InChI=1S/C6H10O3/c1-3-6(4-7)9-5(2)8/h4,7H,3H2,1-2H3. The zero-order valence-corrected chi connectivity index (χ0v) is 5.55. The monoisotopic (exact) mass is 130 g/mol. The Bertz CT molecular complexity index is 126. The Morgan fingerprint density at radius 1 is 1.78 bits per heavy atom. The van der Waals surface area contributed by atoms with Crippen molar-refractivity contribution in [1.29, 1.82) is 0 Å². The summed E-state index contributed by atoms with van der Waals surface area (Å²) in [5, 5.41) is 8.34. The minimum absolute atomic E-state index is 0.294. The van der Waals surface area contributed by atoms with Gasteiger partial charge in [0, 0.05) is 13.3 Å². The lowest BCUT2D eigenvalue weighted by atomic mass is 10.4. The number of aliphatic hydroxyl groups is 1. The molecular formula is C6H10O3. The van der Waals surface area contributed by atoms with Crippen LogP contribution in [-0.4, -0.2) is 11.1 Å². The number of allylic oxidation sites excluding steroid dienone is 1. The minimum atomic E-state index is -0.405. The van der Waals surface area contributed by atoms with E-state index in [1.165, 1.54) is 6.92 Å². The molecule has 3 nitrogen and oxygen atoms in total. The van der Waals surface area contributed by atoms with Crippen LogP contribution in [0.5, 0.6) is 0 Å². The third-order valence-corrected chi connectivity index (χ3v) is 0.767. The maximum absolute atomic E-state index is 10.2. The molecule has 0 saturated carbocycles. The highest BCUT2D eigenvalue weighted by Gasteiger charge is 1.96. The van der Waals surface area contributed by atoms with E-state index >= 15 is 0 Å². The predicted octanol–water partition coefficient (Wildman–Crippen LogP) is 1.36. The molecule has 0 amide bonds. The number of esters is 1. The predicted molar refractivity (Wildman–Crippen MR) is 32.8 cm³/mol. The molecule has 0 saturated heterocycles. The minimum Gasteiger partial charge on any atom is -0.512 e. The lowest BCUT2D eigenvalue weighted by molar-refractivity contribution is -0.137. The Morgan fingerprint density at radius 3 is 2.44 bits per heavy atom. The van der Waals surface area contributed by atoms with Crippen molar-refractivity contribution in [2.75, 3.05) is 0 Å². The van der Waals surface area contributed by atoms with Crippen LogP contribution in [-0.2, 0) is 9.53 Å². The highest BCUT2D eigenvalue weighted by atomic mass is 16.5. The molecule has 0 bridgehead atoms. The summed E-state index contributed by atoms with van der Waals surface area (Å²) in [4.78, 5) is 10.2. The van der Waals surface area contributed by atoms with Crippen LogP contribution >= 0.6 is 0 Å². The highest BCUT2D eigenvalue weighted by molar-refractivity contribution is 5.67. The average Bonchev–Trinajstić information content (AvgIpc) is 1.82.